The molecule has 0 aliphatic carbocycles. The van der Waals surface area contributed by atoms with Crippen LogP contribution >= 0.6 is 15.6 Å². The summed E-state index contributed by atoms with van der Waals surface area (Å²) in [7, 11) is -9.92. The highest BCUT2D eigenvalue weighted by Gasteiger charge is 2.30. The second-order valence-corrected chi connectivity index (χ2v) is 33.1. The van der Waals surface area contributed by atoms with Crippen LogP contribution in [0, 0.1) is 11.8 Å². The fraction of sp³-hybridized carbons (Fsp3) is 0.951. The van der Waals surface area contributed by atoms with Crippen molar-refractivity contribution in [3.05, 3.63) is 0 Å². The Bertz CT molecular complexity index is 1940. The van der Waals surface area contributed by atoms with E-state index in [9.17, 15) is 43.2 Å². The third-order valence-electron chi connectivity index (χ3n) is 19.6. The molecule has 0 saturated heterocycles. The van der Waals surface area contributed by atoms with Gasteiger partial charge in [0.05, 0.1) is 26.4 Å². The SMILES string of the molecule is CCCCCCCCCCCCCCCCCC(=O)O[C@H](COC(=O)CCCCCCCCCCC)COP(=O)(O)OC[C@H](O)COP(=O)(O)OC[C@@H](COC(=O)CCCCCCCCCCCCCCC(C)C)OC(=O)CCCCCCCCCCCCCCCCCCCCC(C)CC. The van der Waals surface area contributed by atoms with Crippen molar-refractivity contribution in [3.63, 3.8) is 0 Å². The first kappa shape index (κ1) is 99.1. The molecule has 0 amide bonds. The highest BCUT2D eigenvalue weighted by Crippen LogP contribution is 2.45. The molecular formula is C82H160O17P2. The maximum Gasteiger partial charge on any atom is 0.472 e. The molecule has 0 saturated carbocycles. The van der Waals surface area contributed by atoms with Gasteiger partial charge in [0.25, 0.3) is 0 Å². The summed E-state index contributed by atoms with van der Waals surface area (Å²) >= 11 is 0. The van der Waals surface area contributed by atoms with E-state index in [0.717, 1.165) is 102 Å². The van der Waals surface area contributed by atoms with Crippen LogP contribution in [0.25, 0.3) is 0 Å². The molecule has 3 N–H and O–H groups in total. The highest BCUT2D eigenvalue weighted by molar-refractivity contribution is 7.47. The van der Waals surface area contributed by atoms with Gasteiger partial charge in [-0.05, 0) is 37.5 Å². The van der Waals surface area contributed by atoms with Crippen molar-refractivity contribution >= 4 is 39.5 Å². The Labute approximate surface area is 619 Å². The van der Waals surface area contributed by atoms with E-state index in [2.05, 4.69) is 41.5 Å². The lowest BCUT2D eigenvalue weighted by Gasteiger charge is -2.21. The lowest BCUT2D eigenvalue weighted by Crippen LogP contribution is -2.30. The van der Waals surface area contributed by atoms with Gasteiger partial charge in [-0.15, -0.1) is 0 Å². The smallest absolute Gasteiger partial charge is 0.462 e. The van der Waals surface area contributed by atoms with Gasteiger partial charge in [-0.1, -0.05) is 382 Å². The molecular weight excluding hydrogens is 1320 g/mol. The quantitative estimate of drug-likeness (QED) is 0.0222. The van der Waals surface area contributed by atoms with E-state index in [-0.39, 0.29) is 25.7 Å². The number of phosphoric acid groups is 2. The molecule has 600 valence electrons. The zero-order valence-electron chi connectivity index (χ0n) is 66.2. The molecule has 0 aromatic carbocycles. The van der Waals surface area contributed by atoms with Gasteiger partial charge in [0.1, 0.15) is 19.3 Å². The molecule has 0 heterocycles. The molecule has 0 aliphatic heterocycles. The first-order chi connectivity index (χ1) is 48.9. The van der Waals surface area contributed by atoms with Crippen molar-refractivity contribution in [2.75, 3.05) is 39.6 Å². The zero-order chi connectivity index (χ0) is 74.2. The molecule has 0 rings (SSSR count). The topological polar surface area (TPSA) is 237 Å². The number of phosphoric ester groups is 2. The number of carbonyl (C=O) groups excluding carboxylic acids is 4. The number of hydrogen-bond acceptors (Lipinski definition) is 15. The fourth-order valence-electron chi connectivity index (χ4n) is 12.7. The third-order valence-corrected chi connectivity index (χ3v) is 21.5. The van der Waals surface area contributed by atoms with Gasteiger partial charge < -0.3 is 33.8 Å². The third kappa shape index (κ3) is 74.7. The largest absolute Gasteiger partial charge is 0.472 e. The van der Waals surface area contributed by atoms with Crippen LogP contribution in [0.3, 0.4) is 0 Å². The number of carbonyl (C=O) groups is 4. The number of esters is 4. The molecule has 6 atom stereocenters. The van der Waals surface area contributed by atoms with Crippen LogP contribution in [0.5, 0.6) is 0 Å². The van der Waals surface area contributed by atoms with E-state index >= 15 is 0 Å². The Morgan fingerprint density at radius 2 is 0.505 bits per heavy atom. The Morgan fingerprint density at radius 1 is 0.287 bits per heavy atom. The summed E-state index contributed by atoms with van der Waals surface area (Å²) in [4.78, 5) is 73.0. The standard InChI is InChI=1S/C82H160O17P2/c1-7-10-12-14-16-18-19-20-25-29-36-42-48-54-60-66-81(86)98-77(70-92-79(84)64-58-52-46-38-17-15-13-11-8-2)72-96-100(88,89)94-68-76(83)69-95-101(90,91)97-73-78(71-93-80(85)65-59-53-47-41-35-32-31-33-39-44-50-56-62-74(4)5)99-82(87)67-61-55-49-43-37-30-27-24-22-21-23-26-28-34-40-45-51-57-63-75(6)9-3/h74-78,83H,7-73H2,1-6H3,(H,88,89)(H,90,91)/t75?,76-,77+,78+/m0/s1. The molecule has 19 heteroatoms. The maximum absolute atomic E-state index is 13.1. The van der Waals surface area contributed by atoms with Crippen LogP contribution < -0.4 is 0 Å². The van der Waals surface area contributed by atoms with E-state index < -0.39 is 97.5 Å². The zero-order valence-corrected chi connectivity index (χ0v) is 68.0. The molecule has 0 aromatic rings. The van der Waals surface area contributed by atoms with Crippen molar-refractivity contribution in [2.24, 2.45) is 11.8 Å². The van der Waals surface area contributed by atoms with E-state index in [1.165, 1.54) is 250 Å². The first-order valence-electron chi connectivity index (χ1n) is 42.5. The van der Waals surface area contributed by atoms with Crippen molar-refractivity contribution < 1.29 is 80.2 Å². The summed E-state index contributed by atoms with van der Waals surface area (Å²) in [5.41, 5.74) is 0. The predicted octanol–water partition coefficient (Wildman–Crippen LogP) is 24.7. The van der Waals surface area contributed by atoms with Gasteiger partial charge >= 0.3 is 39.5 Å². The minimum Gasteiger partial charge on any atom is -0.462 e. The molecule has 3 unspecified atom stereocenters. The monoisotopic (exact) mass is 1480 g/mol. The van der Waals surface area contributed by atoms with Crippen molar-refractivity contribution in [2.45, 2.75) is 452 Å². The van der Waals surface area contributed by atoms with Gasteiger partial charge in [-0.3, -0.25) is 37.3 Å². The van der Waals surface area contributed by atoms with Gasteiger partial charge in [0.15, 0.2) is 12.2 Å². The van der Waals surface area contributed by atoms with Crippen LogP contribution in [-0.4, -0.2) is 96.7 Å². The number of ether oxygens (including phenoxy) is 4. The number of aliphatic hydroxyl groups excluding tert-OH is 1. The van der Waals surface area contributed by atoms with E-state index in [0.29, 0.717) is 25.7 Å². The average molecular weight is 1480 g/mol. The van der Waals surface area contributed by atoms with Crippen molar-refractivity contribution in [1.82, 2.24) is 0 Å². The van der Waals surface area contributed by atoms with Gasteiger partial charge in [0.2, 0.25) is 0 Å². The highest BCUT2D eigenvalue weighted by atomic mass is 31.2. The molecule has 17 nitrogen and oxygen atoms in total. The Morgan fingerprint density at radius 3 is 0.752 bits per heavy atom. The summed E-state index contributed by atoms with van der Waals surface area (Å²) in [6.07, 6.45) is 63.8. The van der Waals surface area contributed by atoms with Crippen LogP contribution in [0.4, 0.5) is 0 Å². The fourth-order valence-corrected chi connectivity index (χ4v) is 14.3. The van der Waals surface area contributed by atoms with E-state index in [1.807, 2.05) is 0 Å². The number of unbranched alkanes of at least 4 members (excludes halogenated alkanes) is 50. The molecule has 0 aliphatic rings. The lowest BCUT2D eigenvalue weighted by molar-refractivity contribution is -0.161. The van der Waals surface area contributed by atoms with Crippen molar-refractivity contribution in [3.8, 4) is 0 Å². The summed E-state index contributed by atoms with van der Waals surface area (Å²) < 4.78 is 68.7. The molecule has 0 fully saturated rings. The number of hydrogen-bond donors (Lipinski definition) is 3. The van der Waals surface area contributed by atoms with Crippen LogP contribution in [0.15, 0.2) is 0 Å². The van der Waals surface area contributed by atoms with Crippen LogP contribution in [0.2, 0.25) is 0 Å². The second kappa shape index (κ2) is 73.6. The molecule has 101 heavy (non-hydrogen) atoms. The van der Waals surface area contributed by atoms with Crippen LogP contribution in [-0.2, 0) is 65.4 Å². The Hall–Kier alpha value is -1.94. The van der Waals surface area contributed by atoms with E-state index in [4.69, 9.17) is 37.0 Å². The van der Waals surface area contributed by atoms with E-state index in [1.54, 1.807) is 0 Å². The van der Waals surface area contributed by atoms with Crippen molar-refractivity contribution in [1.29, 1.82) is 0 Å². The van der Waals surface area contributed by atoms with Gasteiger partial charge in [-0.2, -0.15) is 0 Å². The number of aliphatic hydroxyl groups is 1. The number of rotatable bonds is 81. The Balaban J connectivity index is 5.20. The molecule has 0 bridgehead atoms. The molecule has 0 spiro atoms. The normalized spacial score (nSPS) is 14.2. The van der Waals surface area contributed by atoms with Gasteiger partial charge in [0, 0.05) is 25.7 Å². The summed E-state index contributed by atoms with van der Waals surface area (Å²) in [6.45, 7) is 9.71. The summed E-state index contributed by atoms with van der Waals surface area (Å²) in [6, 6.07) is 0. The van der Waals surface area contributed by atoms with Crippen LogP contribution in [0.1, 0.15) is 433 Å². The summed E-state index contributed by atoms with van der Waals surface area (Å²) in [5.74, 6) is -0.455. The molecule has 0 aromatic heterocycles. The minimum absolute atomic E-state index is 0.108. The summed E-state index contributed by atoms with van der Waals surface area (Å²) in [5, 5.41) is 10.6. The predicted molar refractivity (Wildman–Crippen MR) is 414 cm³/mol. The minimum atomic E-state index is -4.96. The molecule has 0 radical (unpaired) electrons. The van der Waals surface area contributed by atoms with Gasteiger partial charge in [-0.25, -0.2) is 9.13 Å². The maximum atomic E-state index is 13.1. The first-order valence-corrected chi connectivity index (χ1v) is 45.5. The lowest BCUT2D eigenvalue weighted by atomic mass is 9.99. The second-order valence-electron chi connectivity index (χ2n) is 30.2. The average Bonchev–Trinajstić information content (AvgIpc) is 3.09. The Kier molecular flexibility index (Phi) is 72.2.